The van der Waals surface area contributed by atoms with Crippen molar-refractivity contribution in [2.45, 2.75) is 24.3 Å². The number of aliphatic hydroxyl groups is 1. The van der Waals surface area contributed by atoms with Crippen LogP contribution < -0.4 is 0 Å². The van der Waals surface area contributed by atoms with E-state index in [4.69, 9.17) is 4.74 Å². The number of ether oxygens (including phenoxy) is 1. The van der Waals surface area contributed by atoms with Crippen molar-refractivity contribution in [2.75, 3.05) is 19.7 Å². The van der Waals surface area contributed by atoms with E-state index in [1.54, 1.807) is 6.92 Å². The second-order valence-electron chi connectivity index (χ2n) is 4.55. The Morgan fingerprint density at radius 2 is 2.05 bits per heavy atom. The molecule has 1 atom stereocenters. The van der Waals surface area contributed by atoms with Gasteiger partial charge in [-0.1, -0.05) is 0 Å². The van der Waals surface area contributed by atoms with Crippen LogP contribution in [0.5, 0.6) is 0 Å². The molecule has 1 aromatic carbocycles. The summed E-state index contributed by atoms with van der Waals surface area (Å²) in [5.41, 5.74) is 0.312. The molecule has 1 aliphatic rings. The lowest BCUT2D eigenvalue weighted by Gasteiger charge is -2.15. The monoisotopic (exact) mass is 299 g/mol. The first-order valence-corrected chi connectivity index (χ1v) is 7.84. The molecule has 110 valence electrons. The van der Waals surface area contributed by atoms with Crippen molar-refractivity contribution in [3.63, 3.8) is 0 Å². The second-order valence-corrected chi connectivity index (χ2v) is 6.49. The number of aliphatic hydroxyl groups excluding tert-OH is 1. The fourth-order valence-corrected chi connectivity index (χ4v) is 3.55. The topological polar surface area (TPSA) is 83.9 Å². The van der Waals surface area contributed by atoms with E-state index in [1.165, 1.54) is 28.6 Å². The summed E-state index contributed by atoms with van der Waals surface area (Å²) >= 11 is 0. The van der Waals surface area contributed by atoms with Gasteiger partial charge in [-0.25, -0.2) is 13.2 Å². The maximum Gasteiger partial charge on any atom is 0.338 e. The molecule has 0 unspecified atom stereocenters. The van der Waals surface area contributed by atoms with Crippen LogP contribution in [0.15, 0.2) is 29.2 Å². The molecule has 2 rings (SSSR count). The number of carbonyl (C=O) groups is 1. The Labute approximate surface area is 118 Å². The number of rotatable bonds is 4. The molecule has 1 N–H and O–H groups in total. The van der Waals surface area contributed by atoms with Crippen LogP contribution in [-0.4, -0.2) is 49.6 Å². The number of hydrogen-bond acceptors (Lipinski definition) is 5. The van der Waals surface area contributed by atoms with Crippen LogP contribution in [0.1, 0.15) is 23.7 Å². The van der Waals surface area contributed by atoms with E-state index < -0.39 is 22.1 Å². The lowest BCUT2D eigenvalue weighted by atomic mass is 10.2. The highest BCUT2D eigenvalue weighted by Crippen LogP contribution is 2.21. The summed E-state index contributed by atoms with van der Waals surface area (Å²) < 4.78 is 30.7. The van der Waals surface area contributed by atoms with E-state index in [9.17, 15) is 18.3 Å². The quantitative estimate of drug-likeness (QED) is 0.824. The second kappa shape index (κ2) is 5.90. The third-order valence-corrected chi connectivity index (χ3v) is 5.01. The Hall–Kier alpha value is -1.44. The first kappa shape index (κ1) is 15.0. The first-order valence-electron chi connectivity index (χ1n) is 6.40. The molecule has 0 aromatic heterocycles. The normalized spacial score (nSPS) is 20.0. The number of β-amino-alcohol motifs (C(OH)–C–C–N with tert-alkyl or cyclic N) is 1. The molecule has 1 aromatic rings. The average Bonchev–Trinajstić information content (AvgIpc) is 2.86. The molecular formula is C13H17NO5S. The van der Waals surface area contributed by atoms with E-state index in [2.05, 4.69) is 0 Å². The van der Waals surface area contributed by atoms with Crippen LogP contribution in [-0.2, 0) is 14.8 Å². The molecule has 0 bridgehead atoms. The minimum Gasteiger partial charge on any atom is -0.462 e. The van der Waals surface area contributed by atoms with Gasteiger partial charge in [0.1, 0.15) is 0 Å². The molecule has 1 fully saturated rings. The standard InChI is InChI=1S/C13H17NO5S/c1-2-19-13(16)10-3-5-12(6-4-10)20(17,18)14-8-7-11(15)9-14/h3-6,11,15H,2,7-9H2,1H3/t11-/m1/s1. The summed E-state index contributed by atoms with van der Waals surface area (Å²) in [7, 11) is -3.61. The van der Waals surface area contributed by atoms with Crippen molar-refractivity contribution >= 4 is 16.0 Å². The van der Waals surface area contributed by atoms with Gasteiger partial charge < -0.3 is 9.84 Å². The van der Waals surface area contributed by atoms with Gasteiger partial charge in [0, 0.05) is 13.1 Å². The van der Waals surface area contributed by atoms with Crippen molar-refractivity contribution in [3.05, 3.63) is 29.8 Å². The van der Waals surface area contributed by atoms with E-state index in [0.717, 1.165) is 0 Å². The molecule has 0 radical (unpaired) electrons. The molecule has 1 saturated heterocycles. The number of esters is 1. The maximum absolute atomic E-state index is 12.3. The molecule has 1 aliphatic heterocycles. The number of sulfonamides is 1. The predicted molar refractivity (Wildman–Crippen MR) is 71.8 cm³/mol. The van der Waals surface area contributed by atoms with Gasteiger partial charge in [-0.2, -0.15) is 4.31 Å². The summed E-state index contributed by atoms with van der Waals surface area (Å²) in [6.07, 6.45) is -0.163. The Balaban J connectivity index is 2.19. The minimum absolute atomic E-state index is 0.111. The van der Waals surface area contributed by atoms with Crippen molar-refractivity contribution in [3.8, 4) is 0 Å². The zero-order valence-corrected chi connectivity index (χ0v) is 12.0. The lowest BCUT2D eigenvalue weighted by molar-refractivity contribution is 0.0526. The van der Waals surface area contributed by atoms with Crippen LogP contribution in [0, 0.1) is 0 Å². The molecule has 0 spiro atoms. The van der Waals surface area contributed by atoms with Crippen LogP contribution in [0.2, 0.25) is 0 Å². The zero-order valence-electron chi connectivity index (χ0n) is 11.2. The SMILES string of the molecule is CCOC(=O)c1ccc(S(=O)(=O)N2CC[C@@H](O)C2)cc1. The van der Waals surface area contributed by atoms with Crippen molar-refractivity contribution in [1.29, 1.82) is 0 Å². The Kier molecular flexibility index (Phi) is 4.42. The highest BCUT2D eigenvalue weighted by Gasteiger charge is 2.31. The molecule has 7 heteroatoms. The van der Waals surface area contributed by atoms with Gasteiger partial charge in [-0.3, -0.25) is 0 Å². The summed E-state index contributed by atoms with van der Waals surface area (Å²) in [5, 5.41) is 9.42. The van der Waals surface area contributed by atoms with E-state index in [0.29, 0.717) is 18.5 Å². The number of benzene rings is 1. The molecule has 0 saturated carbocycles. The van der Waals surface area contributed by atoms with E-state index in [1.807, 2.05) is 0 Å². The Morgan fingerprint density at radius 1 is 1.40 bits per heavy atom. The van der Waals surface area contributed by atoms with Crippen LogP contribution in [0.25, 0.3) is 0 Å². The van der Waals surface area contributed by atoms with E-state index in [-0.39, 0.29) is 18.0 Å². The number of hydrogen-bond donors (Lipinski definition) is 1. The highest BCUT2D eigenvalue weighted by molar-refractivity contribution is 7.89. The van der Waals surface area contributed by atoms with Gasteiger partial charge in [0.25, 0.3) is 0 Å². The third kappa shape index (κ3) is 3.00. The fraction of sp³-hybridized carbons (Fsp3) is 0.462. The summed E-state index contributed by atoms with van der Waals surface area (Å²) in [6, 6.07) is 5.62. The Bertz CT molecular complexity index is 581. The molecule has 6 nitrogen and oxygen atoms in total. The van der Waals surface area contributed by atoms with Crippen LogP contribution in [0.4, 0.5) is 0 Å². The van der Waals surface area contributed by atoms with Gasteiger partial charge >= 0.3 is 5.97 Å². The fourth-order valence-electron chi connectivity index (χ4n) is 2.06. The lowest BCUT2D eigenvalue weighted by Crippen LogP contribution is -2.29. The average molecular weight is 299 g/mol. The Morgan fingerprint density at radius 3 is 2.55 bits per heavy atom. The molecule has 20 heavy (non-hydrogen) atoms. The molecule has 0 amide bonds. The summed E-state index contributed by atoms with van der Waals surface area (Å²) in [6.45, 7) is 2.39. The highest BCUT2D eigenvalue weighted by atomic mass is 32.2. The van der Waals surface area contributed by atoms with Crippen LogP contribution >= 0.6 is 0 Å². The first-order chi connectivity index (χ1) is 9.45. The third-order valence-electron chi connectivity index (χ3n) is 3.13. The van der Waals surface area contributed by atoms with Crippen molar-refractivity contribution in [2.24, 2.45) is 0 Å². The minimum atomic E-state index is -3.61. The van der Waals surface area contributed by atoms with Crippen molar-refractivity contribution in [1.82, 2.24) is 4.31 Å². The van der Waals surface area contributed by atoms with Crippen molar-refractivity contribution < 1.29 is 23.1 Å². The van der Waals surface area contributed by atoms with Gasteiger partial charge in [0.15, 0.2) is 0 Å². The van der Waals surface area contributed by atoms with Crippen LogP contribution in [0.3, 0.4) is 0 Å². The summed E-state index contributed by atoms with van der Waals surface area (Å²) in [4.78, 5) is 11.6. The molecule has 1 heterocycles. The smallest absolute Gasteiger partial charge is 0.338 e. The molecule has 0 aliphatic carbocycles. The molecular weight excluding hydrogens is 282 g/mol. The summed E-state index contributed by atoms with van der Waals surface area (Å²) in [5.74, 6) is -0.479. The predicted octanol–water partition coefficient (Wildman–Crippen LogP) is 0.619. The maximum atomic E-state index is 12.3. The zero-order chi connectivity index (χ0) is 14.8. The largest absolute Gasteiger partial charge is 0.462 e. The number of carbonyl (C=O) groups excluding carboxylic acids is 1. The van der Waals surface area contributed by atoms with Gasteiger partial charge in [0.2, 0.25) is 10.0 Å². The van der Waals surface area contributed by atoms with Gasteiger partial charge in [-0.05, 0) is 37.6 Å². The van der Waals surface area contributed by atoms with E-state index >= 15 is 0 Å². The van der Waals surface area contributed by atoms with Gasteiger partial charge in [0.05, 0.1) is 23.2 Å². The number of nitrogens with zero attached hydrogens (tertiary/aromatic N) is 1. The van der Waals surface area contributed by atoms with Gasteiger partial charge in [-0.15, -0.1) is 0 Å².